The molecule has 1 atom stereocenters. The Balaban J connectivity index is 1.77. The predicted octanol–water partition coefficient (Wildman–Crippen LogP) is 3.78. The van der Waals surface area contributed by atoms with Gasteiger partial charge in [-0.15, -0.1) is 0 Å². The number of hydrogen-bond acceptors (Lipinski definition) is 7. The molecule has 0 radical (unpaired) electrons. The molecule has 0 unspecified atom stereocenters. The van der Waals surface area contributed by atoms with E-state index in [9.17, 15) is 9.59 Å². The van der Waals surface area contributed by atoms with Gasteiger partial charge in [0, 0.05) is 19.2 Å². The summed E-state index contributed by atoms with van der Waals surface area (Å²) in [5.74, 6) is 1.14. The number of carbonyl (C=O) groups is 2. The second-order valence-corrected chi connectivity index (χ2v) is 10.6. The second kappa shape index (κ2) is 8.67. The average molecular weight is 544 g/mol. The number of alkyl carbamates (subject to hydrolysis) is 1. The maximum atomic E-state index is 12.3. The molecule has 3 rings (SSSR count). The molecule has 2 aromatic rings. The quantitative estimate of drug-likeness (QED) is 0.566. The number of rotatable bonds is 3. The highest BCUT2D eigenvalue weighted by Crippen LogP contribution is 2.26. The zero-order valence-corrected chi connectivity index (χ0v) is 20.8. The molecule has 2 aromatic heterocycles. The van der Waals surface area contributed by atoms with Crippen LogP contribution in [0.4, 0.5) is 21.2 Å². The lowest BCUT2D eigenvalue weighted by atomic mass is 10.2. The Morgan fingerprint density at radius 1 is 1.13 bits per heavy atom. The molecule has 0 saturated carbocycles. The van der Waals surface area contributed by atoms with Crippen molar-refractivity contribution in [1.29, 1.82) is 0 Å². The molecule has 0 bridgehead atoms. The van der Waals surface area contributed by atoms with Gasteiger partial charge in [-0.3, -0.25) is 5.32 Å². The van der Waals surface area contributed by atoms with E-state index in [2.05, 4.69) is 43.2 Å². The van der Waals surface area contributed by atoms with Crippen LogP contribution in [0.3, 0.4) is 0 Å². The minimum atomic E-state index is -0.618. The van der Waals surface area contributed by atoms with E-state index < -0.39 is 23.4 Å². The minimum Gasteiger partial charge on any atom is -0.444 e. The maximum Gasteiger partial charge on any atom is 0.413 e. The largest absolute Gasteiger partial charge is 0.444 e. The van der Waals surface area contributed by atoms with Crippen molar-refractivity contribution in [2.75, 3.05) is 23.3 Å². The highest BCUT2D eigenvalue weighted by Gasteiger charge is 2.28. The second-order valence-electron chi connectivity index (χ2n) is 9.43. The summed E-state index contributed by atoms with van der Waals surface area (Å²) >= 11 is 2.16. The highest BCUT2D eigenvalue weighted by molar-refractivity contribution is 14.1. The third-order valence-corrected chi connectivity index (χ3v) is 5.04. The van der Waals surface area contributed by atoms with Gasteiger partial charge in [-0.25, -0.2) is 14.6 Å². The predicted molar refractivity (Wildman–Crippen MR) is 126 cm³/mol. The van der Waals surface area contributed by atoms with E-state index in [1.165, 1.54) is 0 Å². The van der Waals surface area contributed by atoms with Gasteiger partial charge in [0.25, 0.3) is 0 Å². The molecule has 1 saturated heterocycles. The maximum absolute atomic E-state index is 12.3. The van der Waals surface area contributed by atoms with Gasteiger partial charge in [0.2, 0.25) is 0 Å². The molecular weight excluding hydrogens is 515 g/mol. The zero-order valence-electron chi connectivity index (χ0n) is 18.7. The van der Waals surface area contributed by atoms with Crippen LogP contribution in [0.25, 0.3) is 5.65 Å². The number of carbonyl (C=O) groups excluding carboxylic acids is 2. The third kappa shape index (κ3) is 6.34. The topological polar surface area (TPSA) is 110 Å². The fourth-order valence-corrected chi connectivity index (χ4v) is 3.62. The fourth-order valence-electron chi connectivity index (χ4n) is 3.14. The van der Waals surface area contributed by atoms with Gasteiger partial charge in [-0.2, -0.15) is 9.61 Å². The summed E-state index contributed by atoms with van der Waals surface area (Å²) in [7, 11) is 0. The molecule has 11 heteroatoms. The smallest absolute Gasteiger partial charge is 0.413 e. The first-order valence-electron chi connectivity index (χ1n) is 10.1. The molecule has 31 heavy (non-hydrogen) atoms. The molecule has 2 amide bonds. The molecule has 0 spiro atoms. The Kier molecular flexibility index (Phi) is 6.53. The van der Waals surface area contributed by atoms with Crippen LogP contribution in [0.2, 0.25) is 0 Å². The number of ether oxygens (including phenoxy) is 2. The molecule has 0 aliphatic carbocycles. The molecule has 1 fully saturated rings. The Hall–Kier alpha value is -2.31. The standard InChI is InChI=1S/C20H29IN6O4/c1-19(2,3)30-17(28)23-12-7-8-26(11-12)14-9-15(25-18(29)31-20(4,5)6)27-16(24-14)13(21)10-22-27/h9-10,12H,7-8,11H2,1-6H3,(H,23,28)(H,25,29)/t12-/m0/s1. The first-order valence-corrected chi connectivity index (χ1v) is 11.2. The van der Waals surface area contributed by atoms with E-state index in [0.29, 0.717) is 30.4 Å². The van der Waals surface area contributed by atoms with Crippen LogP contribution in [0.5, 0.6) is 0 Å². The third-order valence-electron chi connectivity index (χ3n) is 4.28. The van der Waals surface area contributed by atoms with Crippen molar-refractivity contribution < 1.29 is 19.1 Å². The van der Waals surface area contributed by atoms with Gasteiger partial charge in [-0.05, 0) is 70.6 Å². The van der Waals surface area contributed by atoms with Gasteiger partial charge < -0.3 is 19.7 Å². The van der Waals surface area contributed by atoms with Crippen molar-refractivity contribution in [3.63, 3.8) is 0 Å². The summed E-state index contributed by atoms with van der Waals surface area (Å²) in [5.41, 5.74) is -0.532. The molecule has 1 aliphatic rings. The van der Waals surface area contributed by atoms with E-state index >= 15 is 0 Å². The average Bonchev–Trinajstić information content (AvgIpc) is 3.18. The number of hydrogen-bond donors (Lipinski definition) is 2. The number of nitrogens with zero attached hydrogens (tertiary/aromatic N) is 4. The molecule has 10 nitrogen and oxygen atoms in total. The van der Waals surface area contributed by atoms with E-state index in [1.807, 2.05) is 20.8 Å². The molecule has 3 heterocycles. The minimum absolute atomic E-state index is 0.0564. The molecular formula is C20H29IN6O4. The van der Waals surface area contributed by atoms with Crippen LogP contribution >= 0.6 is 22.6 Å². The number of aromatic nitrogens is 3. The number of anilines is 2. The van der Waals surface area contributed by atoms with Gasteiger partial charge in [0.15, 0.2) is 5.65 Å². The van der Waals surface area contributed by atoms with Crippen LogP contribution in [-0.2, 0) is 9.47 Å². The first kappa shape index (κ1) is 23.4. The number of amides is 2. The lowest BCUT2D eigenvalue weighted by molar-refractivity contribution is 0.0508. The van der Waals surface area contributed by atoms with Crippen molar-refractivity contribution in [3.8, 4) is 0 Å². The van der Waals surface area contributed by atoms with Crippen LogP contribution in [0.15, 0.2) is 12.3 Å². The normalized spacial score (nSPS) is 17.0. The number of fused-ring (bicyclic) bond motifs is 1. The monoisotopic (exact) mass is 544 g/mol. The van der Waals surface area contributed by atoms with Crippen LogP contribution in [0, 0.1) is 3.57 Å². The summed E-state index contributed by atoms with van der Waals surface area (Å²) in [5, 5.41) is 9.99. The highest BCUT2D eigenvalue weighted by atomic mass is 127. The Labute approximate surface area is 195 Å². The number of nitrogens with one attached hydrogen (secondary N) is 2. The van der Waals surface area contributed by atoms with Gasteiger partial charge in [0.05, 0.1) is 15.8 Å². The summed E-state index contributed by atoms with van der Waals surface area (Å²) in [6, 6.07) is 1.70. The molecule has 2 N–H and O–H groups in total. The summed E-state index contributed by atoms with van der Waals surface area (Å²) in [6.45, 7) is 12.2. The van der Waals surface area contributed by atoms with Crippen LogP contribution in [-0.4, -0.2) is 57.1 Å². The van der Waals surface area contributed by atoms with Crippen molar-refractivity contribution in [3.05, 3.63) is 15.8 Å². The zero-order chi connectivity index (χ0) is 23.0. The van der Waals surface area contributed by atoms with Crippen LogP contribution < -0.4 is 15.5 Å². The Morgan fingerprint density at radius 3 is 2.42 bits per heavy atom. The summed E-state index contributed by atoms with van der Waals surface area (Å²) in [6.07, 6.45) is 1.45. The van der Waals surface area contributed by atoms with Crippen molar-refractivity contribution in [2.45, 2.75) is 65.2 Å². The van der Waals surface area contributed by atoms with Crippen molar-refractivity contribution in [2.24, 2.45) is 0 Å². The van der Waals surface area contributed by atoms with E-state index in [4.69, 9.17) is 14.5 Å². The number of halogens is 1. The lowest BCUT2D eigenvalue weighted by Gasteiger charge is -2.23. The first-order chi connectivity index (χ1) is 14.3. The van der Waals surface area contributed by atoms with E-state index in [1.54, 1.807) is 37.5 Å². The SMILES string of the molecule is CC(C)(C)OC(=O)Nc1cc(N2CC[C@H](NC(=O)OC(C)(C)C)C2)nc2c(I)cnn12. The lowest BCUT2D eigenvalue weighted by Crippen LogP contribution is -2.40. The summed E-state index contributed by atoms with van der Waals surface area (Å²) in [4.78, 5) is 31.2. The summed E-state index contributed by atoms with van der Waals surface area (Å²) < 4.78 is 13.1. The molecule has 170 valence electrons. The van der Waals surface area contributed by atoms with Crippen molar-refractivity contribution in [1.82, 2.24) is 19.9 Å². The van der Waals surface area contributed by atoms with E-state index in [-0.39, 0.29) is 6.04 Å². The van der Waals surface area contributed by atoms with Gasteiger partial charge >= 0.3 is 12.2 Å². The molecule has 1 aliphatic heterocycles. The Morgan fingerprint density at radius 2 is 1.77 bits per heavy atom. The molecule has 0 aromatic carbocycles. The fraction of sp³-hybridized carbons (Fsp3) is 0.600. The Bertz CT molecular complexity index is 978. The van der Waals surface area contributed by atoms with E-state index in [0.717, 1.165) is 9.99 Å². The van der Waals surface area contributed by atoms with Crippen LogP contribution in [0.1, 0.15) is 48.0 Å². The van der Waals surface area contributed by atoms with Gasteiger partial charge in [0.1, 0.15) is 22.8 Å². The van der Waals surface area contributed by atoms with Crippen molar-refractivity contribution >= 4 is 52.1 Å². The van der Waals surface area contributed by atoms with Gasteiger partial charge in [-0.1, -0.05) is 0 Å².